The molecular formula is C16H20ClN3O6S. The molecule has 2 rings (SSSR count). The number of hydroxylamine groups is 1. The van der Waals surface area contributed by atoms with Crippen molar-refractivity contribution in [2.24, 2.45) is 0 Å². The van der Waals surface area contributed by atoms with Gasteiger partial charge < -0.3 is 15.7 Å². The van der Waals surface area contributed by atoms with Gasteiger partial charge in [0.1, 0.15) is 16.3 Å². The average Bonchev–Trinajstić information content (AvgIpc) is 2.59. The van der Waals surface area contributed by atoms with Crippen LogP contribution >= 0.6 is 11.6 Å². The van der Waals surface area contributed by atoms with Gasteiger partial charge in [-0.1, -0.05) is 16.1 Å². The molecule has 0 saturated carbocycles. The van der Waals surface area contributed by atoms with Gasteiger partial charge in [-0.05, 0) is 32.9 Å². The Morgan fingerprint density at radius 1 is 1.22 bits per heavy atom. The largest absolute Gasteiger partial charge is 0.504 e. The number of phenolic OH excluding ortho intramolecular Hbond substituents is 1. The summed E-state index contributed by atoms with van der Waals surface area (Å²) in [5.74, 6) is -0.693. The van der Waals surface area contributed by atoms with Crippen molar-refractivity contribution in [3.63, 3.8) is 0 Å². The molecule has 11 heteroatoms. The minimum atomic E-state index is -4.26. The first-order valence-electron chi connectivity index (χ1n) is 8.01. The molecule has 0 saturated heterocycles. The molecule has 0 spiro atoms. The van der Waals surface area contributed by atoms with E-state index in [0.717, 1.165) is 0 Å². The van der Waals surface area contributed by atoms with E-state index in [0.29, 0.717) is 4.47 Å². The second-order valence-corrected chi connectivity index (χ2v) is 8.08. The van der Waals surface area contributed by atoms with Crippen LogP contribution in [0.4, 0.5) is 17.1 Å². The van der Waals surface area contributed by atoms with Gasteiger partial charge in [-0.3, -0.25) is 14.4 Å². The van der Waals surface area contributed by atoms with E-state index in [2.05, 4.69) is 10.6 Å². The number of anilines is 3. The van der Waals surface area contributed by atoms with Crippen LogP contribution in [-0.4, -0.2) is 37.7 Å². The molecule has 9 nitrogen and oxygen atoms in total. The Balaban J connectivity index is 2.53. The molecule has 27 heavy (non-hydrogen) atoms. The molecule has 0 unspecified atom stereocenters. The molecular weight excluding hydrogens is 398 g/mol. The van der Waals surface area contributed by atoms with E-state index in [-0.39, 0.29) is 34.7 Å². The number of benzene rings is 1. The van der Waals surface area contributed by atoms with Gasteiger partial charge in [0.2, 0.25) is 0 Å². The maximum Gasteiger partial charge on any atom is 0.270 e. The second kappa shape index (κ2) is 7.85. The van der Waals surface area contributed by atoms with Gasteiger partial charge in [0.25, 0.3) is 20.9 Å². The molecule has 2 aromatic carbocycles. The monoisotopic (exact) mass is 417 g/mol. The first kappa shape index (κ1) is 21.2. The highest BCUT2D eigenvalue weighted by atomic mass is 35.5. The zero-order valence-corrected chi connectivity index (χ0v) is 16.7. The summed E-state index contributed by atoms with van der Waals surface area (Å²) in [7, 11) is -3.09. The zero-order valence-electron chi connectivity index (χ0n) is 15.2. The fourth-order valence-corrected chi connectivity index (χ4v) is 4.32. The fraction of sp³-hybridized carbons (Fsp3) is 0.375. The Morgan fingerprint density at radius 2 is 1.81 bits per heavy atom. The highest BCUT2D eigenvalue weighted by molar-refractivity contribution is 7.89. The molecule has 0 bridgehead atoms. The summed E-state index contributed by atoms with van der Waals surface area (Å²) in [6, 6.07) is 2.44. The Labute approximate surface area is 161 Å². The van der Waals surface area contributed by atoms with Crippen LogP contribution in [0.2, 0.25) is 5.02 Å². The van der Waals surface area contributed by atoms with Crippen molar-refractivity contribution in [1.29, 1.82) is 0 Å². The molecule has 0 atom stereocenters. The Hall–Kier alpha value is -2.14. The van der Waals surface area contributed by atoms with E-state index in [1.165, 1.54) is 19.2 Å². The lowest BCUT2D eigenvalue weighted by Gasteiger charge is -2.21. The summed E-state index contributed by atoms with van der Waals surface area (Å²) in [4.78, 5) is 27.8. The van der Waals surface area contributed by atoms with E-state index in [1.807, 2.05) is 0 Å². The number of phenols is 1. The number of sulfonamides is 1. The zero-order chi connectivity index (χ0) is 20.5. The number of halogens is 1. The summed E-state index contributed by atoms with van der Waals surface area (Å²) in [5, 5.41) is 15.7. The van der Waals surface area contributed by atoms with Gasteiger partial charge in [-0.25, -0.2) is 8.42 Å². The third kappa shape index (κ3) is 3.79. The molecule has 0 aliphatic heterocycles. The molecule has 0 aromatic heterocycles. The lowest BCUT2D eigenvalue weighted by atomic mass is 10.1. The van der Waals surface area contributed by atoms with Crippen molar-refractivity contribution in [2.75, 3.05) is 24.3 Å². The average molecular weight is 418 g/mol. The first-order chi connectivity index (χ1) is 12.6. The maximum absolute atomic E-state index is 12.7. The second-order valence-electron chi connectivity index (χ2n) is 5.91. The molecule has 0 fully saturated rings. The minimum absolute atomic E-state index is 0.0210. The number of hydrogen-bond donors (Lipinski definition) is 3. The van der Waals surface area contributed by atoms with Crippen LogP contribution in [0.1, 0.15) is 20.8 Å². The van der Waals surface area contributed by atoms with Crippen molar-refractivity contribution in [1.82, 2.24) is 4.47 Å². The van der Waals surface area contributed by atoms with Crippen molar-refractivity contribution < 1.29 is 18.4 Å². The summed E-state index contributed by atoms with van der Waals surface area (Å²) in [5.41, 5.74) is -1.55. The molecule has 2 aromatic rings. The van der Waals surface area contributed by atoms with Crippen molar-refractivity contribution in [3.05, 3.63) is 37.6 Å². The normalized spacial score (nSPS) is 12.1. The quantitative estimate of drug-likeness (QED) is 0.337. The van der Waals surface area contributed by atoms with Crippen molar-refractivity contribution in [2.45, 2.75) is 31.7 Å². The number of nitrogens with zero attached hydrogens (tertiary/aromatic N) is 1. The molecule has 0 radical (unpaired) electrons. The van der Waals surface area contributed by atoms with Crippen LogP contribution in [0.3, 0.4) is 0 Å². The van der Waals surface area contributed by atoms with Crippen LogP contribution in [0.25, 0.3) is 0 Å². The smallest absolute Gasteiger partial charge is 0.270 e. The first-order valence-corrected chi connectivity index (χ1v) is 9.83. The Kier molecular flexibility index (Phi) is 6.15. The Morgan fingerprint density at radius 3 is 2.33 bits per heavy atom. The van der Waals surface area contributed by atoms with Gasteiger partial charge in [0.05, 0.1) is 17.8 Å². The molecule has 0 aliphatic carbocycles. The topological polar surface area (TPSA) is 125 Å². The lowest BCUT2D eigenvalue weighted by Crippen LogP contribution is -2.38. The van der Waals surface area contributed by atoms with Gasteiger partial charge in [-0.15, -0.1) is 0 Å². The summed E-state index contributed by atoms with van der Waals surface area (Å²) in [6.07, 6.45) is 0. The van der Waals surface area contributed by atoms with Crippen LogP contribution in [0, 0.1) is 0 Å². The van der Waals surface area contributed by atoms with Crippen molar-refractivity contribution >= 4 is 38.7 Å². The number of hydrogen-bond acceptors (Lipinski definition) is 8. The highest BCUT2D eigenvalue weighted by Gasteiger charge is 2.31. The lowest BCUT2D eigenvalue weighted by molar-refractivity contribution is -0.0443. The van der Waals surface area contributed by atoms with Crippen LogP contribution in [0.5, 0.6) is 5.75 Å². The fourth-order valence-electron chi connectivity index (χ4n) is 2.46. The third-order valence-electron chi connectivity index (χ3n) is 3.67. The summed E-state index contributed by atoms with van der Waals surface area (Å²) < 4.78 is 26.0. The van der Waals surface area contributed by atoms with E-state index in [4.69, 9.17) is 16.4 Å². The number of aromatic hydroxyl groups is 1. The van der Waals surface area contributed by atoms with Crippen LogP contribution in [-0.2, 0) is 14.9 Å². The standard InChI is InChI=1S/C16H20ClN3O6S/c1-5-20(26-4)27(24,25)16-9(17)6-7-10(13(16)21)19-12-11(18-8(2)3)14(22)15(12)23/h6-8,18-19,21H,5H2,1-4H3. The molecule has 0 heterocycles. The summed E-state index contributed by atoms with van der Waals surface area (Å²) >= 11 is 5.98. The molecule has 3 N–H and O–H groups in total. The van der Waals surface area contributed by atoms with E-state index in [1.54, 1.807) is 20.8 Å². The van der Waals surface area contributed by atoms with Crippen molar-refractivity contribution in [3.8, 4) is 5.75 Å². The van der Waals surface area contributed by atoms with E-state index in [9.17, 15) is 23.1 Å². The van der Waals surface area contributed by atoms with Gasteiger partial charge in [0, 0.05) is 12.6 Å². The van der Waals surface area contributed by atoms with Crippen LogP contribution < -0.4 is 21.5 Å². The van der Waals surface area contributed by atoms with Gasteiger partial charge >= 0.3 is 0 Å². The predicted octanol–water partition coefficient (Wildman–Crippen LogP) is 1.78. The van der Waals surface area contributed by atoms with Gasteiger partial charge in [-0.2, -0.15) is 0 Å². The molecule has 0 aliphatic rings. The maximum atomic E-state index is 12.7. The molecule has 148 valence electrons. The number of nitrogens with one attached hydrogen (secondary N) is 2. The highest BCUT2D eigenvalue weighted by Crippen LogP contribution is 2.40. The van der Waals surface area contributed by atoms with E-state index < -0.39 is 31.5 Å². The van der Waals surface area contributed by atoms with Crippen LogP contribution in [0.15, 0.2) is 26.6 Å². The predicted molar refractivity (Wildman–Crippen MR) is 103 cm³/mol. The SMILES string of the molecule is CCN(OC)S(=O)(=O)c1c(Cl)ccc(Nc2c(NC(C)C)c(=O)c2=O)c1O. The number of rotatable bonds is 8. The Bertz CT molecular complexity index is 1020. The van der Waals surface area contributed by atoms with E-state index >= 15 is 0 Å². The van der Waals surface area contributed by atoms with Gasteiger partial charge in [0.15, 0.2) is 5.75 Å². The molecule has 0 amide bonds. The third-order valence-corrected chi connectivity index (χ3v) is 5.97. The summed E-state index contributed by atoms with van der Waals surface area (Å²) in [6.45, 7) is 5.10. The minimum Gasteiger partial charge on any atom is -0.504 e.